The molecule has 5 nitrogen and oxygen atoms in total. The van der Waals surface area contributed by atoms with Gasteiger partial charge in [-0.05, 0) is 68.6 Å². The van der Waals surface area contributed by atoms with Gasteiger partial charge >= 0.3 is 0 Å². The van der Waals surface area contributed by atoms with Gasteiger partial charge in [0.2, 0.25) is 0 Å². The maximum atomic E-state index is 10.4. The highest BCUT2D eigenvalue weighted by atomic mass is 16.5. The number of methoxy groups -OCH3 is 1. The number of nitrogens with one attached hydrogen (secondary N) is 1. The number of aliphatic hydroxyl groups excluding tert-OH is 1. The van der Waals surface area contributed by atoms with Crippen molar-refractivity contribution in [1.82, 2.24) is 10.2 Å². The van der Waals surface area contributed by atoms with Crippen molar-refractivity contribution in [2.45, 2.75) is 51.2 Å². The third-order valence-corrected chi connectivity index (χ3v) is 5.82. The highest BCUT2D eigenvalue weighted by Gasteiger charge is 2.15. The normalized spacial score (nSPS) is 15.9. The lowest BCUT2D eigenvalue weighted by molar-refractivity contribution is 0.0683. The minimum Gasteiger partial charge on any atom is -0.493 e. The Morgan fingerprint density at radius 3 is 2.48 bits per heavy atom. The van der Waals surface area contributed by atoms with Crippen LogP contribution in [0, 0.1) is 0 Å². The number of rotatable bonds is 12. The second-order valence-corrected chi connectivity index (χ2v) is 8.43. The van der Waals surface area contributed by atoms with Crippen LogP contribution in [0.1, 0.15) is 43.2 Å². The topological polar surface area (TPSA) is 54.0 Å². The summed E-state index contributed by atoms with van der Waals surface area (Å²) >= 11 is 0. The highest BCUT2D eigenvalue weighted by molar-refractivity contribution is 5.43. The number of ether oxygens (including phenoxy) is 2. The van der Waals surface area contributed by atoms with E-state index < -0.39 is 6.10 Å². The van der Waals surface area contributed by atoms with Crippen molar-refractivity contribution in [1.29, 1.82) is 0 Å². The molecule has 170 valence electrons. The van der Waals surface area contributed by atoms with E-state index in [0.29, 0.717) is 18.0 Å². The predicted octanol–water partition coefficient (Wildman–Crippen LogP) is 4.03. The smallest absolute Gasteiger partial charge is 0.161 e. The van der Waals surface area contributed by atoms with E-state index in [-0.39, 0.29) is 6.61 Å². The molecule has 0 radical (unpaired) electrons. The maximum absolute atomic E-state index is 10.4. The van der Waals surface area contributed by atoms with E-state index >= 15 is 0 Å². The number of hydrogen-bond donors (Lipinski definition) is 2. The third kappa shape index (κ3) is 8.52. The summed E-state index contributed by atoms with van der Waals surface area (Å²) in [6.45, 7) is 4.87. The largest absolute Gasteiger partial charge is 0.493 e. The standard InChI is InChI=1S/C26H38N2O3/c1-30-26-18-23(19-27-15-9-12-22-10-5-4-6-11-22)13-14-25(26)31-21-24(29)20-28-16-7-2-3-8-17-28/h4-6,10-11,13-14,18,24,27,29H,2-3,7-9,12,15-17,19-21H2,1H3/t24-/m1/s1. The van der Waals surface area contributed by atoms with Gasteiger partial charge in [-0.2, -0.15) is 0 Å². The molecule has 0 saturated carbocycles. The van der Waals surface area contributed by atoms with Crippen molar-refractivity contribution >= 4 is 0 Å². The van der Waals surface area contributed by atoms with E-state index in [9.17, 15) is 5.11 Å². The summed E-state index contributed by atoms with van der Waals surface area (Å²) in [6, 6.07) is 16.6. The molecule has 0 amide bonds. The summed E-state index contributed by atoms with van der Waals surface area (Å²) in [7, 11) is 1.66. The summed E-state index contributed by atoms with van der Waals surface area (Å²) in [5.74, 6) is 1.40. The first kappa shape index (κ1) is 23.6. The molecule has 2 aromatic rings. The van der Waals surface area contributed by atoms with Crippen LogP contribution in [-0.2, 0) is 13.0 Å². The van der Waals surface area contributed by atoms with E-state index in [2.05, 4.69) is 46.6 Å². The Bertz CT molecular complexity index is 746. The minimum absolute atomic E-state index is 0.282. The van der Waals surface area contributed by atoms with Crippen molar-refractivity contribution in [3.8, 4) is 11.5 Å². The Morgan fingerprint density at radius 2 is 1.74 bits per heavy atom. The Hall–Kier alpha value is -2.08. The molecule has 1 aliphatic heterocycles. The summed E-state index contributed by atoms with van der Waals surface area (Å²) in [5.41, 5.74) is 2.54. The molecule has 3 rings (SSSR count). The molecule has 0 bridgehead atoms. The van der Waals surface area contributed by atoms with Gasteiger partial charge in [0.05, 0.1) is 7.11 Å². The Balaban J connectivity index is 1.39. The lowest BCUT2D eigenvalue weighted by Gasteiger charge is -2.23. The number of hydrogen-bond acceptors (Lipinski definition) is 5. The number of likely N-dealkylation sites (tertiary alicyclic amines) is 1. The second-order valence-electron chi connectivity index (χ2n) is 8.43. The van der Waals surface area contributed by atoms with Gasteiger partial charge in [0.15, 0.2) is 11.5 Å². The Labute approximate surface area is 187 Å². The van der Waals surface area contributed by atoms with E-state index in [1.165, 1.54) is 31.2 Å². The molecule has 2 aromatic carbocycles. The van der Waals surface area contributed by atoms with E-state index in [1.807, 2.05) is 12.1 Å². The zero-order valence-corrected chi connectivity index (χ0v) is 18.9. The third-order valence-electron chi connectivity index (χ3n) is 5.82. The summed E-state index contributed by atoms with van der Waals surface area (Å²) in [5, 5.41) is 13.9. The molecular weight excluding hydrogens is 388 g/mol. The van der Waals surface area contributed by atoms with Crippen LogP contribution in [-0.4, -0.2) is 56.0 Å². The quantitative estimate of drug-likeness (QED) is 0.502. The van der Waals surface area contributed by atoms with Crippen molar-refractivity contribution in [3.05, 3.63) is 59.7 Å². The zero-order valence-electron chi connectivity index (χ0n) is 18.9. The van der Waals surface area contributed by atoms with E-state index in [0.717, 1.165) is 44.6 Å². The van der Waals surface area contributed by atoms with E-state index in [1.54, 1.807) is 7.11 Å². The SMILES string of the molecule is COc1cc(CNCCCc2ccccc2)ccc1OC[C@H](O)CN1CCCCCC1. The molecule has 1 saturated heterocycles. The molecule has 0 aromatic heterocycles. The van der Waals surface area contributed by atoms with Crippen LogP contribution < -0.4 is 14.8 Å². The maximum Gasteiger partial charge on any atom is 0.161 e. The molecule has 31 heavy (non-hydrogen) atoms. The predicted molar refractivity (Wildman–Crippen MR) is 126 cm³/mol. The van der Waals surface area contributed by atoms with Gasteiger partial charge in [0, 0.05) is 13.1 Å². The fourth-order valence-corrected chi connectivity index (χ4v) is 4.09. The van der Waals surface area contributed by atoms with Crippen molar-refractivity contribution in [2.24, 2.45) is 0 Å². The van der Waals surface area contributed by atoms with Gasteiger partial charge in [-0.1, -0.05) is 49.2 Å². The Kier molecular flexibility index (Phi) is 10.2. The van der Waals surface area contributed by atoms with Crippen molar-refractivity contribution < 1.29 is 14.6 Å². The molecule has 1 heterocycles. The number of aliphatic hydroxyl groups is 1. The lowest BCUT2D eigenvalue weighted by atomic mass is 10.1. The molecule has 1 aliphatic rings. The first-order valence-electron chi connectivity index (χ1n) is 11.7. The van der Waals surface area contributed by atoms with Crippen LogP contribution in [0.15, 0.2) is 48.5 Å². The van der Waals surface area contributed by atoms with Gasteiger partial charge < -0.3 is 24.8 Å². The first-order chi connectivity index (χ1) is 15.2. The molecule has 1 atom stereocenters. The fourth-order valence-electron chi connectivity index (χ4n) is 4.09. The number of β-amino-alcohol motifs (C(OH)–C–C–N with tert-alkyl or cyclic N) is 1. The Morgan fingerprint density at radius 1 is 0.968 bits per heavy atom. The van der Waals surface area contributed by atoms with Crippen LogP contribution >= 0.6 is 0 Å². The van der Waals surface area contributed by atoms with Gasteiger partial charge in [0.25, 0.3) is 0 Å². The molecule has 5 heteroatoms. The zero-order chi connectivity index (χ0) is 21.7. The molecule has 2 N–H and O–H groups in total. The lowest BCUT2D eigenvalue weighted by Crippen LogP contribution is -2.36. The average molecular weight is 427 g/mol. The summed E-state index contributed by atoms with van der Waals surface area (Å²) < 4.78 is 11.4. The van der Waals surface area contributed by atoms with Crippen molar-refractivity contribution in [3.63, 3.8) is 0 Å². The average Bonchev–Trinajstić information content (AvgIpc) is 3.07. The van der Waals surface area contributed by atoms with Crippen LogP contribution in [0.25, 0.3) is 0 Å². The minimum atomic E-state index is -0.492. The van der Waals surface area contributed by atoms with Gasteiger partial charge in [-0.15, -0.1) is 0 Å². The molecule has 0 spiro atoms. The number of nitrogens with zero attached hydrogens (tertiary/aromatic N) is 1. The summed E-state index contributed by atoms with van der Waals surface area (Å²) in [6.07, 6.45) is 6.75. The number of aryl methyl sites for hydroxylation is 1. The highest BCUT2D eigenvalue weighted by Crippen LogP contribution is 2.28. The molecule has 0 aliphatic carbocycles. The molecule has 0 unspecified atom stereocenters. The molecular formula is C26H38N2O3. The van der Waals surface area contributed by atoms with Gasteiger partial charge in [-0.25, -0.2) is 0 Å². The monoisotopic (exact) mass is 426 g/mol. The molecule has 1 fully saturated rings. The van der Waals surface area contributed by atoms with Crippen LogP contribution in [0.4, 0.5) is 0 Å². The van der Waals surface area contributed by atoms with Crippen LogP contribution in [0.3, 0.4) is 0 Å². The van der Waals surface area contributed by atoms with Crippen LogP contribution in [0.5, 0.6) is 11.5 Å². The van der Waals surface area contributed by atoms with Crippen molar-refractivity contribution in [2.75, 3.05) is 39.9 Å². The first-order valence-corrected chi connectivity index (χ1v) is 11.7. The van der Waals surface area contributed by atoms with E-state index in [4.69, 9.17) is 9.47 Å². The second kappa shape index (κ2) is 13.4. The van der Waals surface area contributed by atoms with Gasteiger partial charge in [0.1, 0.15) is 12.7 Å². The van der Waals surface area contributed by atoms with Gasteiger partial charge in [-0.3, -0.25) is 0 Å². The number of benzene rings is 2. The fraction of sp³-hybridized carbons (Fsp3) is 0.538. The van der Waals surface area contributed by atoms with Crippen LogP contribution in [0.2, 0.25) is 0 Å². The summed E-state index contributed by atoms with van der Waals surface area (Å²) in [4.78, 5) is 2.35.